The van der Waals surface area contributed by atoms with Crippen LogP contribution in [0.25, 0.3) is 98.4 Å². The second-order valence-electron chi connectivity index (χ2n) is 18.4. The van der Waals surface area contributed by atoms with Crippen LogP contribution < -0.4 is 0 Å². The number of hydrogen-bond donors (Lipinski definition) is 0. The van der Waals surface area contributed by atoms with Gasteiger partial charge in [0.2, 0.25) is 0 Å². The predicted octanol–water partition coefficient (Wildman–Crippen LogP) is 17.1. The summed E-state index contributed by atoms with van der Waals surface area (Å²) in [4.78, 5) is 5.34. The second kappa shape index (κ2) is 12.0. The highest BCUT2D eigenvalue weighted by atomic mass is 32.2. The normalized spacial score (nSPS) is 13.6. The molecule has 0 aromatic heterocycles. The van der Waals surface area contributed by atoms with Gasteiger partial charge in [0.05, 0.1) is 0 Å². The number of fused-ring (bicyclic) bond motifs is 4. The van der Waals surface area contributed by atoms with E-state index in [2.05, 4.69) is 187 Å². The van der Waals surface area contributed by atoms with Crippen LogP contribution in [0.4, 0.5) is 0 Å². The minimum Gasteiger partial charge on any atom is -0.0888 e. The van der Waals surface area contributed by atoms with E-state index in [4.69, 9.17) is 0 Å². The fraction of sp³-hybridized carbons (Fsp3) is 0.143. The summed E-state index contributed by atoms with van der Waals surface area (Å²) in [7, 11) is 0. The van der Waals surface area contributed by atoms with Gasteiger partial charge in [-0.15, -0.1) is 0 Å². The van der Waals surface area contributed by atoms with Gasteiger partial charge in [-0.25, -0.2) is 0 Å². The maximum absolute atomic E-state index is 2.53. The topological polar surface area (TPSA) is 0 Å². The van der Waals surface area contributed by atoms with E-state index >= 15 is 0 Å². The lowest BCUT2D eigenvalue weighted by atomic mass is 9.75. The number of benzene rings is 10. The van der Waals surface area contributed by atoms with E-state index in [1.165, 1.54) is 129 Å². The fourth-order valence-electron chi connectivity index (χ4n) is 10.2. The Kier molecular flexibility index (Phi) is 7.14. The molecule has 12 rings (SSSR count). The zero-order chi connectivity index (χ0) is 39.2. The van der Waals surface area contributed by atoms with E-state index < -0.39 is 0 Å². The van der Waals surface area contributed by atoms with Gasteiger partial charge in [-0.3, -0.25) is 0 Å². The van der Waals surface area contributed by atoms with Gasteiger partial charge < -0.3 is 0 Å². The van der Waals surface area contributed by atoms with Gasteiger partial charge in [0.1, 0.15) is 0 Å². The van der Waals surface area contributed by atoms with Crippen molar-refractivity contribution < 1.29 is 0 Å². The summed E-state index contributed by atoms with van der Waals surface area (Å²) < 4.78 is 0. The summed E-state index contributed by atoms with van der Waals surface area (Å²) in [6.45, 7) is 14.3. The monoisotopic (exact) mass is 778 g/mol. The van der Waals surface area contributed by atoms with Crippen molar-refractivity contribution in [2.24, 2.45) is 0 Å². The molecule has 10 aromatic carbocycles. The maximum Gasteiger partial charge on any atom is 0.0207 e. The highest BCUT2D eigenvalue weighted by molar-refractivity contribution is 8.00. The molecular weight excluding hydrogens is 737 g/mol. The van der Waals surface area contributed by atoms with Crippen LogP contribution in [0.5, 0.6) is 0 Å². The molecule has 2 aliphatic rings. The molecule has 0 aliphatic carbocycles. The van der Waals surface area contributed by atoms with Crippen LogP contribution in [-0.2, 0) is 10.8 Å². The molecule has 0 atom stereocenters. The van der Waals surface area contributed by atoms with Crippen molar-refractivity contribution in [3.05, 3.63) is 157 Å². The molecule has 0 bridgehead atoms. The molecule has 0 N–H and O–H groups in total. The van der Waals surface area contributed by atoms with Crippen LogP contribution in [-0.4, -0.2) is 0 Å². The molecule has 2 aliphatic heterocycles. The first-order chi connectivity index (χ1) is 28.0. The van der Waals surface area contributed by atoms with E-state index in [1.807, 2.05) is 23.5 Å². The average molecular weight is 779 g/mol. The third-order valence-electron chi connectivity index (χ3n) is 12.9. The van der Waals surface area contributed by atoms with Gasteiger partial charge in [0.25, 0.3) is 0 Å². The lowest BCUT2D eigenvalue weighted by Crippen LogP contribution is -2.14. The first kappa shape index (κ1) is 34.5. The Bertz CT molecular complexity index is 3400. The molecule has 0 unspecified atom stereocenters. The molecule has 0 fully saturated rings. The van der Waals surface area contributed by atoms with Crippen LogP contribution in [0.3, 0.4) is 0 Å². The van der Waals surface area contributed by atoms with Gasteiger partial charge in [-0.2, -0.15) is 0 Å². The first-order valence-electron chi connectivity index (χ1n) is 20.5. The highest BCUT2D eigenvalue weighted by Gasteiger charge is 2.29. The SMILES string of the molecule is CC(C)(C)c1cc(-c2ccc3c(c2)Sc2cccc4cccc-3c24)c2ccc3c(C(C)(C)C)cc(-c4ccc5c6c(cccc46)-c4ccccc4S5)c4ccc1c2c43. The zero-order valence-electron chi connectivity index (χ0n) is 33.7. The summed E-state index contributed by atoms with van der Waals surface area (Å²) in [5.74, 6) is 0. The molecule has 0 saturated carbocycles. The summed E-state index contributed by atoms with van der Waals surface area (Å²) in [6.07, 6.45) is 0. The minimum absolute atomic E-state index is 0.0611. The summed E-state index contributed by atoms with van der Waals surface area (Å²) >= 11 is 3.82. The molecule has 0 spiro atoms. The summed E-state index contributed by atoms with van der Waals surface area (Å²) in [5.41, 5.74) is 13.2. The van der Waals surface area contributed by atoms with Gasteiger partial charge >= 0.3 is 0 Å². The molecular formula is C56H42S2. The Morgan fingerprint density at radius 3 is 1.57 bits per heavy atom. The number of hydrogen-bond acceptors (Lipinski definition) is 2. The van der Waals surface area contributed by atoms with E-state index in [0.29, 0.717) is 0 Å². The summed E-state index contributed by atoms with van der Waals surface area (Å²) in [5, 5.41) is 13.5. The minimum atomic E-state index is -0.0667. The first-order valence-corrected chi connectivity index (χ1v) is 22.1. The Morgan fingerprint density at radius 2 is 0.828 bits per heavy atom. The van der Waals surface area contributed by atoms with Crippen molar-refractivity contribution in [2.75, 3.05) is 0 Å². The lowest BCUT2D eigenvalue weighted by molar-refractivity contribution is 0.595. The lowest BCUT2D eigenvalue weighted by Gasteiger charge is -2.29. The van der Waals surface area contributed by atoms with Gasteiger partial charge in [0, 0.05) is 30.4 Å². The molecule has 278 valence electrons. The van der Waals surface area contributed by atoms with Crippen molar-refractivity contribution in [3.63, 3.8) is 0 Å². The molecule has 0 amide bonds. The third-order valence-corrected chi connectivity index (χ3v) is 15.1. The standard InChI is InChI=1S/C56H42S2/c1-55(2,3)45-29-43(32-20-21-35-37-15-9-12-31-13-10-19-48(51(31)37)58-50(35)28-32)39-22-24-42-46(56(4,5)6)30-44(40-23-25-41(45)53(39)54(40)42)33-26-27-49-52-36(33)16-11-17-38(52)34-14-7-8-18-47(34)57-49/h7-30H,1-6H3. The molecule has 0 nitrogen and oxygen atoms in total. The van der Waals surface area contributed by atoms with E-state index in [0.717, 1.165) is 0 Å². The van der Waals surface area contributed by atoms with E-state index in [9.17, 15) is 0 Å². The third kappa shape index (κ3) is 4.85. The van der Waals surface area contributed by atoms with Crippen LogP contribution in [0.2, 0.25) is 0 Å². The number of rotatable bonds is 2. The predicted molar refractivity (Wildman–Crippen MR) is 253 cm³/mol. The highest BCUT2D eigenvalue weighted by Crippen LogP contribution is 2.54. The molecule has 0 radical (unpaired) electrons. The van der Waals surface area contributed by atoms with Gasteiger partial charge in [-0.1, -0.05) is 174 Å². The van der Waals surface area contributed by atoms with Crippen molar-refractivity contribution >= 4 is 77.4 Å². The van der Waals surface area contributed by atoms with Crippen molar-refractivity contribution in [1.29, 1.82) is 0 Å². The van der Waals surface area contributed by atoms with Crippen molar-refractivity contribution in [3.8, 4) is 44.5 Å². The smallest absolute Gasteiger partial charge is 0.0207 e. The Labute approximate surface area is 348 Å². The van der Waals surface area contributed by atoms with E-state index in [1.54, 1.807) is 0 Å². The van der Waals surface area contributed by atoms with E-state index in [-0.39, 0.29) is 10.8 Å². The Morgan fingerprint density at radius 1 is 0.310 bits per heavy atom. The molecule has 2 heteroatoms. The van der Waals surface area contributed by atoms with Crippen molar-refractivity contribution in [1.82, 2.24) is 0 Å². The van der Waals surface area contributed by atoms with Gasteiger partial charge in [-0.05, 0) is 146 Å². The van der Waals surface area contributed by atoms with Crippen molar-refractivity contribution in [2.45, 2.75) is 72.0 Å². The van der Waals surface area contributed by atoms with Crippen LogP contribution in [0.15, 0.2) is 165 Å². The Balaban J connectivity index is 1.16. The van der Waals surface area contributed by atoms with Crippen LogP contribution in [0.1, 0.15) is 52.7 Å². The summed E-state index contributed by atoms with van der Waals surface area (Å²) in [6, 6.07) is 56.0. The molecule has 0 saturated heterocycles. The van der Waals surface area contributed by atoms with Crippen LogP contribution >= 0.6 is 23.5 Å². The second-order valence-corrected chi connectivity index (χ2v) is 20.6. The van der Waals surface area contributed by atoms with Crippen LogP contribution in [0, 0.1) is 0 Å². The maximum atomic E-state index is 2.53. The fourth-order valence-corrected chi connectivity index (χ4v) is 12.6. The quantitative estimate of drug-likeness (QED) is 0.160. The molecule has 2 heterocycles. The molecule has 58 heavy (non-hydrogen) atoms. The van der Waals surface area contributed by atoms with Gasteiger partial charge in [0.15, 0.2) is 0 Å². The molecule has 10 aromatic rings. The Hall–Kier alpha value is -5.54. The largest absolute Gasteiger partial charge is 0.0888 e. The average Bonchev–Trinajstić information content (AvgIpc) is 3.22. The zero-order valence-corrected chi connectivity index (χ0v) is 35.3.